The Morgan fingerprint density at radius 1 is 1.08 bits per heavy atom. The summed E-state index contributed by atoms with van der Waals surface area (Å²) in [6, 6.07) is 18.1. The first-order chi connectivity index (χ1) is 17.3. The summed E-state index contributed by atoms with van der Waals surface area (Å²) in [7, 11) is 1.38. The number of ether oxygens (including phenoxy) is 3. The van der Waals surface area contributed by atoms with Crippen LogP contribution >= 0.6 is 15.9 Å². The number of hydrogen-bond donors (Lipinski definition) is 1. The average Bonchev–Trinajstić information content (AvgIpc) is 3.49. The van der Waals surface area contributed by atoms with Gasteiger partial charge in [0.15, 0.2) is 5.41 Å². The number of halogens is 1. The number of esters is 1. The molecule has 1 amide bonds. The predicted molar refractivity (Wildman–Crippen MR) is 139 cm³/mol. The zero-order valence-corrected chi connectivity index (χ0v) is 22.6. The predicted octanol–water partition coefficient (Wildman–Crippen LogP) is 4.34. The fraction of sp³-hybridized carbons (Fsp3) is 0.517. The van der Waals surface area contributed by atoms with Gasteiger partial charge in [-0.05, 0) is 55.4 Å². The molecule has 2 aliphatic heterocycles. The summed E-state index contributed by atoms with van der Waals surface area (Å²) in [5, 5.41) is 3.21. The van der Waals surface area contributed by atoms with Crippen molar-refractivity contribution < 1.29 is 23.8 Å². The fourth-order valence-electron chi connectivity index (χ4n) is 6.82. The molecule has 2 aromatic carbocycles. The number of carbonyl (C=O) groups excluding carboxylic acids is 2. The van der Waals surface area contributed by atoms with E-state index in [9.17, 15) is 9.59 Å². The lowest BCUT2D eigenvalue weighted by atomic mass is 9.52. The van der Waals surface area contributed by atoms with Crippen LogP contribution in [-0.4, -0.2) is 49.9 Å². The van der Waals surface area contributed by atoms with Gasteiger partial charge < -0.3 is 19.5 Å². The van der Waals surface area contributed by atoms with Gasteiger partial charge in [-0.15, -0.1) is 0 Å². The average molecular weight is 556 g/mol. The lowest BCUT2D eigenvalue weighted by Gasteiger charge is -2.45. The molecule has 7 atom stereocenters. The number of carbonyl (C=O) groups is 2. The van der Waals surface area contributed by atoms with E-state index in [1.165, 1.54) is 12.7 Å². The van der Waals surface area contributed by atoms with Gasteiger partial charge in [-0.2, -0.15) is 0 Å². The van der Waals surface area contributed by atoms with Crippen LogP contribution in [0.25, 0.3) is 0 Å². The van der Waals surface area contributed by atoms with Gasteiger partial charge in [0.25, 0.3) is 0 Å². The third-order valence-corrected chi connectivity index (χ3v) is 9.31. The van der Waals surface area contributed by atoms with Crippen molar-refractivity contribution in [3.8, 4) is 0 Å². The minimum Gasteiger partial charge on any atom is -0.468 e. The third kappa shape index (κ3) is 4.19. The summed E-state index contributed by atoms with van der Waals surface area (Å²) in [6.45, 7) is 5.26. The molecular formula is C29H34BrNO5. The summed E-state index contributed by atoms with van der Waals surface area (Å²) in [4.78, 5) is 27.3. The summed E-state index contributed by atoms with van der Waals surface area (Å²) >= 11 is 3.46. The Morgan fingerprint density at radius 2 is 1.81 bits per heavy atom. The lowest BCUT2D eigenvalue weighted by molar-refractivity contribution is -0.169. The van der Waals surface area contributed by atoms with E-state index in [-0.39, 0.29) is 41.4 Å². The molecule has 3 fully saturated rings. The molecular weight excluding hydrogens is 522 g/mol. The molecule has 3 aliphatic rings. The molecule has 2 saturated heterocycles. The van der Waals surface area contributed by atoms with Crippen molar-refractivity contribution in [1.29, 1.82) is 0 Å². The number of benzene rings is 2. The maximum absolute atomic E-state index is 13.7. The van der Waals surface area contributed by atoms with Gasteiger partial charge in [0.1, 0.15) is 0 Å². The zero-order valence-electron chi connectivity index (χ0n) is 21.0. The highest BCUT2D eigenvalue weighted by atomic mass is 79.9. The van der Waals surface area contributed by atoms with Crippen LogP contribution in [0.2, 0.25) is 0 Å². The second kappa shape index (κ2) is 9.92. The Kier molecular flexibility index (Phi) is 7.01. The Hall–Kier alpha value is -2.22. The molecule has 7 heteroatoms. The maximum atomic E-state index is 13.7. The molecule has 5 rings (SSSR count). The maximum Gasteiger partial charge on any atom is 0.322 e. The summed E-state index contributed by atoms with van der Waals surface area (Å²) in [6.07, 6.45) is 1.86. The molecule has 1 N–H and O–H groups in total. The summed E-state index contributed by atoms with van der Waals surface area (Å²) < 4.78 is 18.7. The number of epoxide rings is 1. The van der Waals surface area contributed by atoms with Crippen molar-refractivity contribution in [1.82, 2.24) is 5.32 Å². The van der Waals surface area contributed by atoms with Crippen molar-refractivity contribution in [3.05, 3.63) is 70.2 Å². The number of methoxy groups -OCH3 is 1. The Balaban J connectivity index is 1.35. The fourth-order valence-corrected chi connectivity index (χ4v) is 7.08. The molecule has 36 heavy (non-hydrogen) atoms. The molecule has 0 unspecified atom stereocenters. The molecule has 0 aromatic heterocycles. The van der Waals surface area contributed by atoms with Crippen molar-refractivity contribution in [2.24, 2.45) is 23.2 Å². The minimum atomic E-state index is -1.27. The molecule has 0 spiro atoms. The van der Waals surface area contributed by atoms with Crippen LogP contribution in [-0.2, 0) is 36.6 Å². The molecule has 1 aliphatic carbocycles. The summed E-state index contributed by atoms with van der Waals surface area (Å²) in [5.41, 5.74) is 0.704. The molecule has 6 nitrogen and oxygen atoms in total. The van der Waals surface area contributed by atoms with Crippen LogP contribution in [0.15, 0.2) is 59.1 Å². The van der Waals surface area contributed by atoms with Gasteiger partial charge in [-0.3, -0.25) is 9.59 Å². The normalized spacial score (nSPS) is 34.4. The number of hydrogen-bond acceptors (Lipinski definition) is 5. The Bertz CT molecular complexity index is 1110. The largest absolute Gasteiger partial charge is 0.468 e. The molecule has 0 radical (unpaired) electrons. The Labute approximate surface area is 221 Å². The van der Waals surface area contributed by atoms with E-state index in [2.05, 4.69) is 59.4 Å². The van der Waals surface area contributed by atoms with Gasteiger partial charge in [-0.25, -0.2) is 0 Å². The third-order valence-electron chi connectivity index (χ3n) is 8.78. The molecule has 2 aromatic rings. The number of nitrogens with one attached hydrogen (secondary N) is 1. The second-order valence-corrected chi connectivity index (χ2v) is 11.5. The van der Waals surface area contributed by atoms with Crippen molar-refractivity contribution in [3.63, 3.8) is 0 Å². The highest BCUT2D eigenvalue weighted by Gasteiger charge is 2.79. The van der Waals surface area contributed by atoms with Crippen molar-refractivity contribution in [2.75, 3.05) is 20.3 Å². The highest BCUT2D eigenvalue weighted by Crippen LogP contribution is 2.66. The smallest absolute Gasteiger partial charge is 0.322 e. The standard InChI is InChI=1S/C29H34BrNO5/c1-18-24-23(17-20-7-5-4-6-8-20)31-26(32)29(24,27(33)34-3)22(25-28(18,2)36-25)14-16-35-15-13-19-9-11-21(30)12-10-19/h4-12,18,22-25H,13-17H2,1-3H3,(H,31,32)/t18-,22-,23-,24-,25-,28+,29+/m0/s1. The van der Waals surface area contributed by atoms with E-state index in [1.807, 2.05) is 30.3 Å². The van der Waals surface area contributed by atoms with Crippen molar-refractivity contribution in [2.45, 2.75) is 50.9 Å². The first-order valence-corrected chi connectivity index (χ1v) is 13.5. The molecule has 0 bridgehead atoms. The van der Waals surface area contributed by atoms with E-state index in [0.29, 0.717) is 26.1 Å². The minimum absolute atomic E-state index is 0.0174. The Morgan fingerprint density at radius 3 is 2.50 bits per heavy atom. The summed E-state index contributed by atoms with van der Waals surface area (Å²) in [5.74, 6) is -1.20. The van der Waals surface area contributed by atoms with Gasteiger partial charge in [0, 0.05) is 29.0 Å². The van der Waals surface area contributed by atoms with Crippen LogP contribution in [0.1, 0.15) is 31.4 Å². The van der Waals surface area contributed by atoms with Crippen LogP contribution in [0.3, 0.4) is 0 Å². The molecule has 1 saturated carbocycles. The second-order valence-electron chi connectivity index (χ2n) is 10.6. The number of fused-ring (bicyclic) bond motifs is 2. The van der Waals surface area contributed by atoms with Gasteiger partial charge in [0.05, 0.1) is 25.4 Å². The van der Waals surface area contributed by atoms with E-state index in [4.69, 9.17) is 14.2 Å². The molecule has 192 valence electrons. The number of amides is 1. The highest BCUT2D eigenvalue weighted by molar-refractivity contribution is 9.10. The van der Waals surface area contributed by atoms with E-state index < -0.39 is 11.4 Å². The first kappa shape index (κ1) is 25.4. The SMILES string of the molecule is COC(=O)[C@@]12C(=O)N[C@@H](Cc3ccccc3)[C@@H]1[C@H](C)[C@@]1(C)O[C@H]1[C@@H]2CCOCCc1ccc(Br)cc1. The van der Waals surface area contributed by atoms with E-state index in [0.717, 1.165) is 16.5 Å². The van der Waals surface area contributed by atoms with Crippen LogP contribution in [0.4, 0.5) is 0 Å². The van der Waals surface area contributed by atoms with E-state index in [1.54, 1.807) is 0 Å². The van der Waals surface area contributed by atoms with Crippen LogP contribution < -0.4 is 5.32 Å². The van der Waals surface area contributed by atoms with Crippen LogP contribution in [0.5, 0.6) is 0 Å². The first-order valence-electron chi connectivity index (χ1n) is 12.8. The quantitative estimate of drug-likeness (QED) is 0.215. The van der Waals surface area contributed by atoms with Gasteiger partial charge in [-0.1, -0.05) is 65.3 Å². The zero-order chi connectivity index (χ0) is 25.5. The van der Waals surface area contributed by atoms with Crippen LogP contribution in [0, 0.1) is 23.2 Å². The number of rotatable bonds is 9. The topological polar surface area (TPSA) is 77.2 Å². The lowest BCUT2D eigenvalue weighted by Crippen LogP contribution is -2.59. The van der Waals surface area contributed by atoms with Gasteiger partial charge >= 0.3 is 5.97 Å². The van der Waals surface area contributed by atoms with E-state index >= 15 is 0 Å². The monoisotopic (exact) mass is 555 g/mol. The molecule has 2 heterocycles. The van der Waals surface area contributed by atoms with Crippen molar-refractivity contribution >= 4 is 27.8 Å². The van der Waals surface area contributed by atoms with Gasteiger partial charge in [0.2, 0.25) is 5.91 Å².